The fourth-order valence-electron chi connectivity index (χ4n) is 4.28. The van der Waals surface area contributed by atoms with Crippen molar-refractivity contribution in [1.29, 1.82) is 0 Å². The Morgan fingerprint density at radius 1 is 1.10 bits per heavy atom. The average molecular weight is 573 g/mol. The van der Waals surface area contributed by atoms with Crippen LogP contribution in [0.1, 0.15) is 48.4 Å². The number of hydrogen-bond acceptors (Lipinski definition) is 6. The van der Waals surface area contributed by atoms with Crippen LogP contribution in [0.25, 0.3) is 11.0 Å². The molecule has 3 aromatic carbocycles. The summed E-state index contributed by atoms with van der Waals surface area (Å²) in [6, 6.07) is 15.4. The Kier molecular flexibility index (Phi) is 9.71. The first kappa shape index (κ1) is 30.1. The molecule has 0 amide bonds. The van der Waals surface area contributed by atoms with Gasteiger partial charge in [-0.1, -0.05) is 60.5 Å². The normalized spacial score (nSPS) is 12.2. The van der Waals surface area contributed by atoms with E-state index < -0.39 is 21.9 Å². The zero-order valence-corrected chi connectivity index (χ0v) is 24.4. The lowest BCUT2D eigenvalue weighted by Crippen LogP contribution is -2.26. The number of carboxylic acid groups (broad SMARTS) is 1. The molecule has 1 heterocycles. The van der Waals surface area contributed by atoms with E-state index in [1.165, 1.54) is 18.5 Å². The molecule has 1 N–H and O–H groups in total. The molecular weight excluding hydrogens is 540 g/mol. The predicted molar refractivity (Wildman–Crippen MR) is 152 cm³/mol. The Hall–Kier alpha value is -3.47. The number of ether oxygens (including phenoxy) is 1. The van der Waals surface area contributed by atoms with Gasteiger partial charge in [0.2, 0.25) is 10.0 Å². The van der Waals surface area contributed by atoms with Crippen molar-refractivity contribution < 1.29 is 23.1 Å². The zero-order chi connectivity index (χ0) is 28.9. The molecule has 0 spiro atoms. The number of aromatic nitrogens is 3. The van der Waals surface area contributed by atoms with Crippen molar-refractivity contribution in [1.82, 2.24) is 19.3 Å². The Bertz CT molecular complexity index is 1570. The van der Waals surface area contributed by atoms with Gasteiger partial charge in [-0.2, -0.15) is 4.31 Å². The number of carboxylic acids is 1. The summed E-state index contributed by atoms with van der Waals surface area (Å²) in [5.41, 5.74) is 4.14. The minimum atomic E-state index is -3.76. The second-order valence-electron chi connectivity index (χ2n) is 8.88. The summed E-state index contributed by atoms with van der Waals surface area (Å²) in [6.07, 6.45) is -0.201. The quantitative estimate of drug-likeness (QED) is 0.286. The molecule has 1 aromatic heterocycles. The van der Waals surface area contributed by atoms with E-state index in [0.29, 0.717) is 38.5 Å². The number of fused-ring (bicyclic) bond motifs is 1. The number of nitrogens with zero attached hydrogens (tertiary/aromatic N) is 4. The van der Waals surface area contributed by atoms with Gasteiger partial charge in [-0.15, -0.1) is 5.10 Å². The van der Waals surface area contributed by atoms with E-state index in [1.807, 2.05) is 20.8 Å². The number of halogens is 1. The molecule has 4 rings (SSSR count). The van der Waals surface area contributed by atoms with E-state index in [4.69, 9.17) is 16.3 Å². The summed E-state index contributed by atoms with van der Waals surface area (Å²) in [5.74, 6) is -1.03. The monoisotopic (exact) mass is 572 g/mol. The lowest BCUT2D eigenvalue weighted by molar-refractivity contribution is -0.137. The number of aryl methyl sites for hydroxylation is 2. The van der Waals surface area contributed by atoms with Crippen LogP contribution in [-0.4, -0.2) is 53.0 Å². The number of benzene rings is 3. The lowest BCUT2D eigenvalue weighted by atomic mass is 9.87. The second-order valence-corrected chi connectivity index (χ2v) is 11.3. The molecule has 0 aliphatic rings. The highest BCUT2D eigenvalue weighted by atomic mass is 35.5. The van der Waals surface area contributed by atoms with Crippen molar-refractivity contribution >= 4 is 38.6 Å². The van der Waals surface area contributed by atoms with Gasteiger partial charge in [-0.25, -0.2) is 13.1 Å². The minimum absolute atomic E-state index is 0.00912. The molecular formula is C28H33ClN4O5S. The lowest BCUT2D eigenvalue weighted by Gasteiger charge is -2.21. The van der Waals surface area contributed by atoms with Crippen molar-refractivity contribution in [3.63, 3.8) is 0 Å². The fourth-order valence-corrected chi connectivity index (χ4v) is 5.61. The summed E-state index contributed by atoms with van der Waals surface area (Å²) in [6.45, 7) is 5.89. The fraction of sp³-hybridized carbons (Fsp3) is 0.321. The molecule has 9 nitrogen and oxygen atoms in total. The molecule has 0 aliphatic carbocycles. The van der Waals surface area contributed by atoms with E-state index in [9.17, 15) is 18.3 Å². The largest absolute Gasteiger partial charge is 0.494 e. The van der Waals surface area contributed by atoms with Crippen molar-refractivity contribution in [3.05, 3.63) is 81.9 Å². The van der Waals surface area contributed by atoms with Gasteiger partial charge in [-0.05, 0) is 53.9 Å². The summed E-state index contributed by atoms with van der Waals surface area (Å²) < 4.78 is 34.6. The van der Waals surface area contributed by atoms with Crippen LogP contribution in [0, 0.1) is 6.92 Å². The molecule has 4 aromatic rings. The van der Waals surface area contributed by atoms with Gasteiger partial charge in [0, 0.05) is 31.6 Å². The second kappa shape index (κ2) is 12.6. The number of hydrogen-bond donors (Lipinski definition) is 1. The van der Waals surface area contributed by atoms with Gasteiger partial charge in [0.15, 0.2) is 0 Å². The molecule has 1 atom stereocenters. The predicted octanol–water partition coefficient (Wildman–Crippen LogP) is 5.39. The third kappa shape index (κ3) is 6.58. The number of carbonyl (C=O) groups is 1. The standard InChI is InChI=1S/C26H27ClN4O5S.C2H6/c1-16-5-8-20(9-6-16)37(34,35)30(2)15-19-11-17(7-10-22(19)27)21(14-25(32)33)18-12-23-26(24(13-18)36-4)31(3)29-28-23;1-2/h5-13,21H,14-15H2,1-4H3,(H,32,33);1-2H3. The maximum absolute atomic E-state index is 13.1. The van der Waals surface area contributed by atoms with Crippen molar-refractivity contribution in [2.24, 2.45) is 7.05 Å². The van der Waals surface area contributed by atoms with Crippen LogP contribution < -0.4 is 4.74 Å². The smallest absolute Gasteiger partial charge is 0.304 e. The molecule has 0 aliphatic heterocycles. The van der Waals surface area contributed by atoms with Crippen molar-refractivity contribution in [2.75, 3.05) is 14.2 Å². The van der Waals surface area contributed by atoms with Crippen LogP contribution >= 0.6 is 11.6 Å². The highest BCUT2D eigenvalue weighted by Gasteiger charge is 2.25. The van der Waals surface area contributed by atoms with Crippen molar-refractivity contribution in [2.45, 2.75) is 44.6 Å². The highest BCUT2D eigenvalue weighted by Crippen LogP contribution is 2.36. The average Bonchev–Trinajstić information content (AvgIpc) is 3.30. The highest BCUT2D eigenvalue weighted by molar-refractivity contribution is 7.89. The van der Waals surface area contributed by atoms with Gasteiger partial charge in [0.05, 0.1) is 18.4 Å². The molecule has 0 saturated heterocycles. The first-order valence-electron chi connectivity index (χ1n) is 12.4. The van der Waals surface area contributed by atoms with Crippen LogP contribution in [0.2, 0.25) is 5.02 Å². The summed E-state index contributed by atoms with van der Waals surface area (Å²) in [4.78, 5) is 12.0. The Morgan fingerprint density at radius 3 is 2.38 bits per heavy atom. The Morgan fingerprint density at radius 2 is 1.77 bits per heavy atom. The third-order valence-electron chi connectivity index (χ3n) is 6.28. The van der Waals surface area contributed by atoms with E-state index in [1.54, 1.807) is 66.3 Å². The number of rotatable bonds is 9. The topological polar surface area (TPSA) is 115 Å². The maximum Gasteiger partial charge on any atom is 0.304 e. The molecule has 208 valence electrons. The van der Waals surface area contributed by atoms with E-state index in [-0.39, 0.29) is 17.9 Å². The van der Waals surface area contributed by atoms with Crippen LogP contribution in [0.4, 0.5) is 0 Å². The maximum atomic E-state index is 13.1. The summed E-state index contributed by atoms with van der Waals surface area (Å²) in [7, 11) is 1.01. The molecule has 0 saturated carbocycles. The third-order valence-corrected chi connectivity index (χ3v) is 8.47. The van der Waals surface area contributed by atoms with Crippen LogP contribution in [0.15, 0.2) is 59.5 Å². The number of methoxy groups -OCH3 is 1. The van der Waals surface area contributed by atoms with Crippen LogP contribution in [-0.2, 0) is 28.4 Å². The first-order valence-corrected chi connectivity index (χ1v) is 14.2. The van der Waals surface area contributed by atoms with E-state index in [2.05, 4.69) is 10.3 Å². The van der Waals surface area contributed by atoms with Gasteiger partial charge in [-0.3, -0.25) is 4.79 Å². The first-order chi connectivity index (χ1) is 18.5. The molecule has 1 unspecified atom stereocenters. The molecule has 0 radical (unpaired) electrons. The Balaban J connectivity index is 0.00000205. The van der Waals surface area contributed by atoms with Crippen LogP contribution in [0.3, 0.4) is 0 Å². The zero-order valence-electron chi connectivity index (χ0n) is 22.8. The van der Waals surface area contributed by atoms with Crippen LogP contribution in [0.5, 0.6) is 5.75 Å². The minimum Gasteiger partial charge on any atom is -0.494 e. The molecule has 39 heavy (non-hydrogen) atoms. The SMILES string of the molecule is CC.COc1cc(C(CC(=O)O)c2ccc(Cl)c(CN(C)S(=O)(=O)c3ccc(C)cc3)c2)cc2nnn(C)c12. The summed E-state index contributed by atoms with van der Waals surface area (Å²) >= 11 is 6.46. The molecule has 0 bridgehead atoms. The van der Waals surface area contributed by atoms with Gasteiger partial charge in [0.25, 0.3) is 0 Å². The number of sulfonamides is 1. The van der Waals surface area contributed by atoms with Crippen molar-refractivity contribution in [3.8, 4) is 5.75 Å². The Labute approximate surface area is 234 Å². The van der Waals surface area contributed by atoms with Gasteiger partial charge in [0.1, 0.15) is 16.8 Å². The van der Waals surface area contributed by atoms with E-state index >= 15 is 0 Å². The van der Waals surface area contributed by atoms with E-state index in [0.717, 1.165) is 5.56 Å². The van der Waals surface area contributed by atoms with Gasteiger partial charge < -0.3 is 9.84 Å². The molecule has 11 heteroatoms. The molecule has 0 fully saturated rings. The summed E-state index contributed by atoms with van der Waals surface area (Å²) in [5, 5.41) is 18.3. The number of aliphatic carboxylic acids is 1. The van der Waals surface area contributed by atoms with Gasteiger partial charge >= 0.3 is 5.97 Å².